The first-order valence-corrected chi connectivity index (χ1v) is 9.38. The summed E-state index contributed by atoms with van der Waals surface area (Å²) in [5.74, 6) is 0. The molecule has 0 spiro atoms. The van der Waals surface area contributed by atoms with Crippen molar-refractivity contribution in [3.05, 3.63) is 85.0 Å². The Morgan fingerprint density at radius 3 is 2.67 bits per heavy atom. The van der Waals surface area contributed by atoms with Crippen LogP contribution in [-0.4, -0.2) is 30.8 Å². The van der Waals surface area contributed by atoms with Crippen LogP contribution in [0.5, 0.6) is 0 Å². The van der Waals surface area contributed by atoms with Gasteiger partial charge in [0.1, 0.15) is 0 Å². The van der Waals surface area contributed by atoms with Crippen LogP contribution in [0.1, 0.15) is 30.1 Å². The number of aromatic nitrogens is 4. The highest BCUT2D eigenvalue weighted by atomic mass is 15.2. The predicted molar refractivity (Wildman–Crippen MR) is 105 cm³/mol. The highest BCUT2D eigenvalue weighted by molar-refractivity contribution is 5.66. The van der Waals surface area contributed by atoms with E-state index in [-0.39, 0.29) is 0 Å². The van der Waals surface area contributed by atoms with Gasteiger partial charge in [-0.25, -0.2) is 4.98 Å². The van der Waals surface area contributed by atoms with E-state index >= 15 is 0 Å². The lowest BCUT2D eigenvalue weighted by Gasteiger charge is -2.23. The lowest BCUT2D eigenvalue weighted by atomic mass is 10.1. The highest BCUT2D eigenvalue weighted by Crippen LogP contribution is 2.35. The van der Waals surface area contributed by atoms with Crippen LogP contribution in [0.2, 0.25) is 0 Å². The van der Waals surface area contributed by atoms with E-state index in [4.69, 9.17) is 4.98 Å². The molecule has 5 heterocycles. The van der Waals surface area contributed by atoms with Gasteiger partial charge in [-0.2, -0.15) is 0 Å². The van der Waals surface area contributed by atoms with Gasteiger partial charge in [0.15, 0.2) is 0 Å². The molecule has 1 aliphatic rings. The highest BCUT2D eigenvalue weighted by Gasteiger charge is 2.29. The largest absolute Gasteiger partial charge is 0.305 e. The SMILES string of the molecule is c1cncc(CN2CCCC2c2ncn3cc(-c4cccnc4)ccc23)c1. The van der Waals surface area contributed by atoms with Gasteiger partial charge in [0.25, 0.3) is 0 Å². The summed E-state index contributed by atoms with van der Waals surface area (Å²) >= 11 is 0. The first-order chi connectivity index (χ1) is 13.4. The Labute approximate surface area is 158 Å². The number of pyridine rings is 3. The van der Waals surface area contributed by atoms with Crippen LogP contribution in [0.4, 0.5) is 0 Å². The van der Waals surface area contributed by atoms with Crippen molar-refractivity contribution < 1.29 is 0 Å². The molecule has 5 heteroatoms. The second kappa shape index (κ2) is 6.93. The van der Waals surface area contributed by atoms with Crippen LogP contribution in [0.15, 0.2) is 73.7 Å². The molecular formula is C22H21N5. The summed E-state index contributed by atoms with van der Waals surface area (Å²) in [6.07, 6.45) is 13.9. The summed E-state index contributed by atoms with van der Waals surface area (Å²) in [5, 5.41) is 0. The molecule has 134 valence electrons. The zero-order chi connectivity index (χ0) is 18.1. The van der Waals surface area contributed by atoms with Crippen molar-refractivity contribution in [1.82, 2.24) is 24.3 Å². The van der Waals surface area contributed by atoms with E-state index in [2.05, 4.69) is 49.7 Å². The molecule has 0 aliphatic carbocycles. The number of hydrogen-bond acceptors (Lipinski definition) is 4. The lowest BCUT2D eigenvalue weighted by molar-refractivity contribution is 0.246. The summed E-state index contributed by atoms with van der Waals surface area (Å²) in [7, 11) is 0. The molecule has 4 aromatic rings. The summed E-state index contributed by atoms with van der Waals surface area (Å²) in [4.78, 5) is 15.8. The molecule has 0 N–H and O–H groups in total. The summed E-state index contributed by atoms with van der Waals surface area (Å²) in [6, 6.07) is 12.9. The Morgan fingerprint density at radius 1 is 0.963 bits per heavy atom. The molecule has 1 unspecified atom stereocenters. The van der Waals surface area contributed by atoms with Crippen molar-refractivity contribution in [2.45, 2.75) is 25.4 Å². The predicted octanol–water partition coefficient (Wildman–Crippen LogP) is 4.13. The van der Waals surface area contributed by atoms with Gasteiger partial charge in [0.05, 0.1) is 23.6 Å². The molecule has 4 aromatic heterocycles. The fraction of sp³-hybridized carbons (Fsp3) is 0.227. The minimum Gasteiger partial charge on any atom is -0.305 e. The third-order valence-electron chi connectivity index (χ3n) is 5.34. The van der Waals surface area contributed by atoms with Crippen molar-refractivity contribution >= 4 is 5.52 Å². The molecule has 0 bridgehead atoms. The minimum absolute atomic E-state index is 0.361. The number of rotatable bonds is 4. The molecule has 1 fully saturated rings. The van der Waals surface area contributed by atoms with Gasteiger partial charge in [-0.3, -0.25) is 14.9 Å². The van der Waals surface area contributed by atoms with E-state index in [1.165, 1.54) is 23.2 Å². The standard InChI is InChI=1S/C22H21N5/c1-4-17(12-23-9-1)14-26-11-3-6-20(26)22-21-8-7-19(15-27(21)16-25-22)18-5-2-10-24-13-18/h1-2,4-5,7-10,12-13,15-16,20H,3,6,11,14H2. The molecule has 0 saturated carbocycles. The van der Waals surface area contributed by atoms with Gasteiger partial charge >= 0.3 is 0 Å². The first kappa shape index (κ1) is 16.1. The molecule has 27 heavy (non-hydrogen) atoms. The second-order valence-electron chi connectivity index (χ2n) is 7.07. The van der Waals surface area contributed by atoms with Gasteiger partial charge in [0.2, 0.25) is 0 Å². The molecular weight excluding hydrogens is 334 g/mol. The van der Waals surface area contributed by atoms with E-state index in [0.29, 0.717) is 6.04 Å². The number of imidazole rings is 1. The molecule has 0 radical (unpaired) electrons. The van der Waals surface area contributed by atoms with E-state index < -0.39 is 0 Å². The third-order valence-corrected chi connectivity index (χ3v) is 5.34. The topological polar surface area (TPSA) is 46.3 Å². The van der Waals surface area contributed by atoms with Gasteiger partial charge in [-0.1, -0.05) is 18.2 Å². The monoisotopic (exact) mass is 355 g/mol. The molecule has 5 rings (SSSR count). The third kappa shape index (κ3) is 3.11. The maximum atomic E-state index is 4.79. The fourth-order valence-corrected chi connectivity index (χ4v) is 4.03. The number of hydrogen-bond donors (Lipinski definition) is 0. The molecule has 1 aliphatic heterocycles. The average Bonchev–Trinajstić information content (AvgIpc) is 3.35. The number of nitrogens with zero attached hydrogens (tertiary/aromatic N) is 5. The van der Waals surface area contributed by atoms with Crippen molar-refractivity contribution in [1.29, 1.82) is 0 Å². The molecule has 0 aromatic carbocycles. The molecule has 5 nitrogen and oxygen atoms in total. The zero-order valence-corrected chi connectivity index (χ0v) is 15.1. The Balaban J connectivity index is 1.46. The molecule has 0 amide bonds. The maximum absolute atomic E-state index is 4.79. The number of likely N-dealkylation sites (tertiary alicyclic amines) is 1. The quantitative estimate of drug-likeness (QED) is 0.552. The van der Waals surface area contributed by atoms with Crippen LogP contribution < -0.4 is 0 Å². The lowest BCUT2D eigenvalue weighted by Crippen LogP contribution is -2.23. The van der Waals surface area contributed by atoms with Crippen LogP contribution in [0, 0.1) is 0 Å². The Bertz CT molecular complexity index is 1040. The Hall–Kier alpha value is -3.05. The van der Waals surface area contributed by atoms with Crippen LogP contribution in [0.3, 0.4) is 0 Å². The smallest absolute Gasteiger partial charge is 0.0996 e. The summed E-state index contributed by atoms with van der Waals surface area (Å²) in [5.41, 5.74) is 5.89. The van der Waals surface area contributed by atoms with E-state index in [1.807, 2.05) is 37.1 Å². The minimum atomic E-state index is 0.361. The Kier molecular flexibility index (Phi) is 4.14. The molecule has 1 saturated heterocycles. The zero-order valence-electron chi connectivity index (χ0n) is 15.1. The van der Waals surface area contributed by atoms with Crippen molar-refractivity contribution in [2.24, 2.45) is 0 Å². The number of fused-ring (bicyclic) bond motifs is 1. The van der Waals surface area contributed by atoms with Gasteiger partial charge in [0, 0.05) is 43.1 Å². The molecule has 1 atom stereocenters. The summed E-state index contributed by atoms with van der Waals surface area (Å²) in [6.45, 7) is 2.03. The van der Waals surface area contributed by atoms with Crippen molar-refractivity contribution in [3.63, 3.8) is 0 Å². The van der Waals surface area contributed by atoms with Crippen LogP contribution in [-0.2, 0) is 6.54 Å². The maximum Gasteiger partial charge on any atom is 0.0996 e. The van der Waals surface area contributed by atoms with Crippen molar-refractivity contribution in [3.8, 4) is 11.1 Å². The van der Waals surface area contributed by atoms with Gasteiger partial charge < -0.3 is 4.40 Å². The van der Waals surface area contributed by atoms with E-state index in [1.54, 1.807) is 6.20 Å². The van der Waals surface area contributed by atoms with E-state index in [0.717, 1.165) is 30.6 Å². The Morgan fingerprint density at radius 2 is 1.85 bits per heavy atom. The fourth-order valence-electron chi connectivity index (χ4n) is 4.03. The average molecular weight is 355 g/mol. The summed E-state index contributed by atoms with van der Waals surface area (Å²) < 4.78 is 2.14. The van der Waals surface area contributed by atoms with Crippen LogP contribution >= 0.6 is 0 Å². The first-order valence-electron chi connectivity index (χ1n) is 9.38. The van der Waals surface area contributed by atoms with Gasteiger partial charge in [-0.05, 0) is 48.7 Å². The van der Waals surface area contributed by atoms with E-state index in [9.17, 15) is 0 Å². The second-order valence-corrected chi connectivity index (χ2v) is 7.07. The van der Waals surface area contributed by atoms with Crippen molar-refractivity contribution in [2.75, 3.05) is 6.54 Å². The van der Waals surface area contributed by atoms with Gasteiger partial charge in [-0.15, -0.1) is 0 Å². The van der Waals surface area contributed by atoms with Crippen LogP contribution in [0.25, 0.3) is 16.6 Å². The normalized spacial score (nSPS) is 17.6.